The molecule has 3 N–H and O–H groups in total. The van der Waals surface area contributed by atoms with Crippen molar-refractivity contribution in [2.75, 3.05) is 0 Å². The zero-order valence-corrected chi connectivity index (χ0v) is 5.66. The molecular weight excluding hydrogens is 234 g/mol. The summed E-state index contributed by atoms with van der Waals surface area (Å²) in [7, 11) is -4.92. The van der Waals surface area contributed by atoms with Crippen molar-refractivity contribution in [3.05, 3.63) is 0 Å². The molecule has 0 saturated carbocycles. The minimum absolute atomic E-state index is 0. The fourth-order valence-electron chi connectivity index (χ4n) is 0. The molecule has 0 atom stereocenters. The van der Waals surface area contributed by atoms with Gasteiger partial charge in [0, 0.05) is 20.4 Å². The monoisotopic (exact) mass is 237 g/mol. The van der Waals surface area contributed by atoms with E-state index >= 15 is 0 Å². The van der Waals surface area contributed by atoms with Gasteiger partial charge in [0.15, 0.2) is 0 Å². The quantitative estimate of drug-likeness (QED) is 0.164. The Morgan fingerprint density at radius 1 is 1.25 bits per heavy atom. The average Bonchev–Trinajstić information content (AvgIpc) is 1.36. The second kappa shape index (κ2) is 7.45. The van der Waals surface area contributed by atoms with E-state index in [2.05, 4.69) is 0 Å². The fraction of sp³-hybridized carbons (Fsp3) is 0. The van der Waals surface area contributed by atoms with Crippen LogP contribution >= 0.6 is 0 Å². The topological polar surface area (TPSA) is 118 Å². The summed E-state index contributed by atoms with van der Waals surface area (Å²) in [6, 6.07) is 0. The Balaban J connectivity index is -0.0000000750. The van der Waals surface area contributed by atoms with Gasteiger partial charge in [-0.1, -0.05) is 0 Å². The van der Waals surface area contributed by atoms with E-state index in [4.69, 9.17) is 28.0 Å². The fourth-order valence-corrected chi connectivity index (χ4v) is 0. The van der Waals surface area contributed by atoms with Gasteiger partial charge in [0.25, 0.3) is 0 Å². The van der Waals surface area contributed by atoms with E-state index in [0.717, 1.165) is 0 Å². The van der Waals surface area contributed by atoms with Gasteiger partial charge in [-0.25, -0.2) is 8.42 Å². The van der Waals surface area contributed by atoms with Crippen LogP contribution in [0.25, 0.3) is 0 Å². The second-order valence-electron chi connectivity index (χ2n) is 0.428. The van der Waals surface area contributed by atoms with Crippen molar-refractivity contribution >= 4 is 10.4 Å². The normalized spacial score (nSPS) is 8.00. The molecule has 8 heavy (non-hydrogen) atoms. The molecule has 0 amide bonds. The first kappa shape index (κ1) is 15.8. The van der Waals surface area contributed by atoms with Gasteiger partial charge < -0.3 is 4.55 Å². The van der Waals surface area contributed by atoms with Gasteiger partial charge in [0.05, 0.1) is 0 Å². The van der Waals surface area contributed by atoms with E-state index in [0.29, 0.717) is 0 Å². The van der Waals surface area contributed by atoms with Crippen LogP contribution in [0, 0.1) is 0 Å². The maximum atomic E-state index is 8.63. The second-order valence-corrected chi connectivity index (χ2v) is 1.28. The van der Waals surface area contributed by atoms with Crippen molar-refractivity contribution in [3.63, 3.8) is 0 Å². The van der Waals surface area contributed by atoms with Gasteiger partial charge in [-0.05, 0) is 0 Å². The van der Waals surface area contributed by atoms with E-state index in [1.165, 1.54) is 0 Å². The van der Waals surface area contributed by atoms with Gasteiger partial charge in [-0.3, -0.25) is 15.1 Å². The summed E-state index contributed by atoms with van der Waals surface area (Å²) in [5, 5.41) is 12.0. The number of rotatable bonds is 0. The van der Waals surface area contributed by atoms with Crippen LogP contribution in [0.4, 0.5) is 0 Å². The Kier molecular flexibility index (Phi) is 14.7. The Labute approximate surface area is 59.3 Å². The zero-order chi connectivity index (χ0) is 6.50. The zero-order valence-electron chi connectivity index (χ0n) is 3.29. The first-order chi connectivity index (χ1) is 3.00. The molecule has 0 saturated heterocycles. The first-order valence-electron chi connectivity index (χ1n) is 0.883. The van der Waals surface area contributed by atoms with Crippen molar-refractivity contribution in [1.82, 2.24) is 0 Å². The Bertz CT molecular complexity index is 91.7. The van der Waals surface area contributed by atoms with Crippen molar-refractivity contribution in [1.29, 1.82) is 0 Å². The van der Waals surface area contributed by atoms with Crippen LogP contribution in [0.2, 0.25) is 0 Å². The Morgan fingerprint density at radius 3 is 1.25 bits per heavy atom. The predicted molar refractivity (Wildman–Crippen MR) is 17.6 cm³/mol. The molecule has 0 aromatic rings. The molecule has 8 heteroatoms. The summed E-state index contributed by atoms with van der Waals surface area (Å²) in [4.78, 5) is 0. The third-order valence-electron chi connectivity index (χ3n) is 0. The molecule has 0 radical (unpaired) electrons. The summed E-state index contributed by atoms with van der Waals surface area (Å²) in [6.45, 7) is 0. The van der Waals surface area contributed by atoms with Crippen LogP contribution in [-0.2, 0) is 30.8 Å². The minimum Gasteiger partial charge on any atom is -0.726 e. The molecule has 0 aromatic carbocycles. The molecule has 0 rings (SSSR count). The van der Waals surface area contributed by atoms with E-state index in [9.17, 15) is 0 Å². The Hall–Kier alpha value is 0.452. The number of hydrogen-bond donors (Lipinski definition) is 3. The van der Waals surface area contributed by atoms with Gasteiger partial charge >= 0.3 is 0 Å². The molecular formula is H3O6PdS-. The molecule has 0 aliphatic rings. The predicted octanol–water partition coefficient (Wildman–Crippen LogP) is -0.980. The van der Waals surface area contributed by atoms with Crippen LogP contribution in [0.15, 0.2) is 0 Å². The Morgan fingerprint density at radius 2 is 1.25 bits per heavy atom. The van der Waals surface area contributed by atoms with Crippen molar-refractivity contribution in [2.45, 2.75) is 0 Å². The largest absolute Gasteiger partial charge is 0.726 e. The minimum atomic E-state index is -4.92. The van der Waals surface area contributed by atoms with Crippen LogP contribution < -0.4 is 0 Å². The van der Waals surface area contributed by atoms with E-state index < -0.39 is 10.4 Å². The molecule has 0 unspecified atom stereocenters. The van der Waals surface area contributed by atoms with Crippen LogP contribution in [0.3, 0.4) is 0 Å². The summed E-state index contributed by atoms with van der Waals surface area (Å²) >= 11 is 0. The summed E-state index contributed by atoms with van der Waals surface area (Å²) in [5.41, 5.74) is 0. The van der Waals surface area contributed by atoms with Crippen molar-refractivity contribution in [3.8, 4) is 0 Å². The van der Waals surface area contributed by atoms with E-state index in [1.807, 2.05) is 0 Å². The maximum Gasteiger partial charge on any atom is 0.215 e. The van der Waals surface area contributed by atoms with Crippen LogP contribution in [0.1, 0.15) is 0 Å². The average molecular weight is 238 g/mol. The van der Waals surface area contributed by atoms with Gasteiger partial charge in [-0.2, -0.15) is 0 Å². The van der Waals surface area contributed by atoms with Crippen LogP contribution in [-0.4, -0.2) is 28.0 Å². The number of hydrogen-bond acceptors (Lipinski definition) is 5. The third-order valence-corrected chi connectivity index (χ3v) is 0. The molecule has 0 aliphatic carbocycles. The van der Waals surface area contributed by atoms with Gasteiger partial charge in [0.1, 0.15) is 0 Å². The van der Waals surface area contributed by atoms with Crippen molar-refractivity contribution in [2.24, 2.45) is 0 Å². The standard InChI is InChI=1S/H2O4S.H2O2.Pd/c1-5(2,3)4;1-2;/h(H2,1,2,3,4);1-2H;/p-1. The molecule has 0 aromatic heterocycles. The summed E-state index contributed by atoms with van der Waals surface area (Å²) in [5.74, 6) is 0. The molecule has 0 aliphatic heterocycles. The van der Waals surface area contributed by atoms with Gasteiger partial charge in [0.2, 0.25) is 10.4 Å². The summed E-state index contributed by atoms with van der Waals surface area (Å²) < 4.78 is 32.8. The van der Waals surface area contributed by atoms with Crippen LogP contribution in [0.5, 0.6) is 0 Å². The summed E-state index contributed by atoms with van der Waals surface area (Å²) in [6.07, 6.45) is 0. The third kappa shape index (κ3) is 937. The molecule has 6 nitrogen and oxygen atoms in total. The molecule has 0 fully saturated rings. The van der Waals surface area contributed by atoms with E-state index in [1.54, 1.807) is 0 Å². The smallest absolute Gasteiger partial charge is 0.215 e. The van der Waals surface area contributed by atoms with E-state index in [-0.39, 0.29) is 20.4 Å². The molecule has 0 bridgehead atoms. The molecule has 56 valence electrons. The van der Waals surface area contributed by atoms with Crippen molar-refractivity contribution < 1.29 is 48.5 Å². The van der Waals surface area contributed by atoms with Gasteiger partial charge in [-0.15, -0.1) is 0 Å². The maximum absolute atomic E-state index is 8.63. The molecule has 0 heterocycles. The molecule has 0 spiro atoms. The SMILES string of the molecule is O=S(=O)([O-])O.OO.[Pd]. The first-order valence-corrected chi connectivity index (χ1v) is 2.25.